The maximum Gasteiger partial charge on any atom is 0.352 e. The lowest BCUT2D eigenvalue weighted by atomic mass is 10.1. The molecule has 3 heterocycles. The van der Waals surface area contributed by atoms with E-state index in [4.69, 9.17) is 0 Å². The quantitative estimate of drug-likeness (QED) is 0.874. The van der Waals surface area contributed by atoms with Gasteiger partial charge >= 0.3 is 5.97 Å². The molecule has 1 fully saturated rings. The first kappa shape index (κ1) is 18.1. The average Bonchev–Trinajstić information content (AvgIpc) is 2.92. The van der Waals surface area contributed by atoms with Crippen LogP contribution in [-0.2, 0) is 6.54 Å². The Kier molecular flexibility index (Phi) is 5.08. The molecule has 2 aromatic rings. The predicted molar refractivity (Wildman–Crippen MR) is 97.4 cm³/mol. The summed E-state index contributed by atoms with van der Waals surface area (Å²) in [5.41, 5.74) is 3.93. The minimum Gasteiger partial charge on any atom is -0.477 e. The second kappa shape index (κ2) is 7.29. The molecule has 0 saturated carbocycles. The van der Waals surface area contributed by atoms with Crippen LogP contribution < -0.4 is 0 Å². The molecule has 2 aromatic heterocycles. The van der Waals surface area contributed by atoms with Crippen LogP contribution in [0.1, 0.15) is 43.4 Å². The van der Waals surface area contributed by atoms with Crippen molar-refractivity contribution >= 4 is 11.9 Å². The van der Waals surface area contributed by atoms with Crippen LogP contribution in [0.2, 0.25) is 0 Å². The molecule has 138 valence electrons. The monoisotopic (exact) mass is 356 g/mol. The first-order valence-electron chi connectivity index (χ1n) is 8.73. The van der Waals surface area contributed by atoms with Crippen molar-refractivity contribution in [3.63, 3.8) is 0 Å². The van der Waals surface area contributed by atoms with E-state index in [1.54, 1.807) is 24.9 Å². The average molecular weight is 356 g/mol. The first-order valence-corrected chi connectivity index (χ1v) is 8.73. The highest BCUT2D eigenvalue weighted by molar-refractivity contribution is 6.00. The zero-order valence-corrected chi connectivity index (χ0v) is 15.4. The van der Waals surface area contributed by atoms with Gasteiger partial charge in [0, 0.05) is 44.6 Å². The Morgan fingerprint density at radius 3 is 2.46 bits per heavy atom. The van der Waals surface area contributed by atoms with E-state index in [1.165, 1.54) is 5.56 Å². The molecule has 26 heavy (non-hydrogen) atoms. The number of carbonyl (C=O) groups is 2. The van der Waals surface area contributed by atoms with Gasteiger partial charge in [0.1, 0.15) is 5.69 Å². The van der Waals surface area contributed by atoms with Gasteiger partial charge in [-0.15, -0.1) is 0 Å². The molecule has 0 aliphatic carbocycles. The Hall–Kier alpha value is -2.67. The zero-order chi connectivity index (χ0) is 18.8. The van der Waals surface area contributed by atoms with E-state index < -0.39 is 5.97 Å². The Morgan fingerprint density at radius 1 is 1.19 bits per heavy atom. The zero-order valence-electron chi connectivity index (χ0n) is 15.4. The van der Waals surface area contributed by atoms with Crippen LogP contribution in [0.3, 0.4) is 0 Å². The number of aryl methyl sites for hydroxylation is 2. The number of aromatic carboxylic acids is 1. The van der Waals surface area contributed by atoms with Gasteiger partial charge in [0.15, 0.2) is 0 Å². The fourth-order valence-corrected chi connectivity index (χ4v) is 3.45. The molecule has 0 bridgehead atoms. The van der Waals surface area contributed by atoms with Crippen molar-refractivity contribution in [2.75, 3.05) is 26.2 Å². The van der Waals surface area contributed by atoms with Crippen molar-refractivity contribution in [2.45, 2.75) is 27.3 Å². The molecule has 7 heteroatoms. The molecular formula is C19H24N4O3. The van der Waals surface area contributed by atoms with E-state index in [0.717, 1.165) is 25.3 Å². The highest BCUT2D eigenvalue weighted by atomic mass is 16.4. The summed E-state index contributed by atoms with van der Waals surface area (Å²) in [6.07, 6.45) is 1.81. The maximum absolute atomic E-state index is 12.9. The summed E-state index contributed by atoms with van der Waals surface area (Å²) in [4.78, 5) is 35.5. The molecule has 1 aliphatic rings. The van der Waals surface area contributed by atoms with Crippen molar-refractivity contribution in [3.8, 4) is 0 Å². The Balaban J connectivity index is 1.66. The minimum absolute atomic E-state index is 0.0927. The van der Waals surface area contributed by atoms with Crippen LogP contribution in [-0.4, -0.2) is 62.9 Å². The van der Waals surface area contributed by atoms with Crippen LogP contribution in [0.4, 0.5) is 0 Å². The number of carbonyl (C=O) groups excluding carboxylic acids is 1. The number of H-pyrrole nitrogens is 1. The van der Waals surface area contributed by atoms with E-state index >= 15 is 0 Å². The van der Waals surface area contributed by atoms with Crippen molar-refractivity contribution in [3.05, 3.63) is 52.1 Å². The van der Waals surface area contributed by atoms with E-state index in [2.05, 4.69) is 27.9 Å². The second-order valence-electron chi connectivity index (χ2n) is 6.77. The number of hydrogen-bond donors (Lipinski definition) is 2. The van der Waals surface area contributed by atoms with E-state index in [0.29, 0.717) is 29.9 Å². The topological polar surface area (TPSA) is 89.5 Å². The van der Waals surface area contributed by atoms with Crippen molar-refractivity contribution in [1.29, 1.82) is 0 Å². The van der Waals surface area contributed by atoms with Crippen LogP contribution >= 0.6 is 0 Å². The number of nitrogens with one attached hydrogen (secondary N) is 1. The molecule has 0 atom stereocenters. The Labute approximate surface area is 152 Å². The van der Waals surface area contributed by atoms with Gasteiger partial charge < -0.3 is 15.0 Å². The molecular weight excluding hydrogens is 332 g/mol. The van der Waals surface area contributed by atoms with Crippen molar-refractivity contribution < 1.29 is 14.7 Å². The van der Waals surface area contributed by atoms with E-state index in [-0.39, 0.29) is 11.6 Å². The van der Waals surface area contributed by atoms with Crippen LogP contribution in [0.15, 0.2) is 18.3 Å². The smallest absolute Gasteiger partial charge is 0.352 e. The number of aromatic amines is 1. The van der Waals surface area contributed by atoms with E-state index in [9.17, 15) is 14.7 Å². The lowest BCUT2D eigenvalue weighted by Gasteiger charge is -2.35. The summed E-state index contributed by atoms with van der Waals surface area (Å²) >= 11 is 0. The number of carboxylic acid groups (broad SMARTS) is 1. The third-order valence-corrected chi connectivity index (χ3v) is 5.02. The van der Waals surface area contributed by atoms with Crippen LogP contribution in [0.25, 0.3) is 0 Å². The number of piperazine rings is 1. The van der Waals surface area contributed by atoms with Gasteiger partial charge in [0.25, 0.3) is 5.91 Å². The van der Waals surface area contributed by atoms with Gasteiger partial charge in [-0.3, -0.25) is 14.7 Å². The molecule has 0 radical (unpaired) electrons. The van der Waals surface area contributed by atoms with Gasteiger partial charge in [-0.1, -0.05) is 6.07 Å². The lowest BCUT2D eigenvalue weighted by Crippen LogP contribution is -2.48. The van der Waals surface area contributed by atoms with Gasteiger partial charge in [-0.05, 0) is 38.0 Å². The molecule has 3 rings (SSSR count). The summed E-state index contributed by atoms with van der Waals surface area (Å²) in [6, 6.07) is 3.99. The lowest BCUT2D eigenvalue weighted by molar-refractivity contribution is 0.0625. The molecule has 7 nitrogen and oxygen atoms in total. The number of carboxylic acids is 1. The SMILES string of the molecule is Cc1cccnc1CN1CCN(C(=O)c2c(C)[nH]c(C(=O)O)c2C)CC1. The van der Waals surface area contributed by atoms with E-state index in [1.807, 2.05) is 6.07 Å². The number of amides is 1. The fraction of sp³-hybridized carbons (Fsp3) is 0.421. The number of aromatic nitrogens is 2. The number of pyridine rings is 1. The standard InChI is InChI=1S/C19H24N4O3/c1-12-5-4-6-20-15(12)11-22-7-9-23(10-8-22)18(24)16-13(2)17(19(25)26)21-14(16)3/h4-6,21H,7-11H2,1-3H3,(H,25,26). The predicted octanol–water partition coefficient (Wildman–Crippen LogP) is 1.99. The number of rotatable bonds is 4. The molecule has 1 amide bonds. The molecule has 0 spiro atoms. The minimum atomic E-state index is -1.04. The third kappa shape index (κ3) is 3.48. The second-order valence-corrected chi connectivity index (χ2v) is 6.77. The van der Waals surface area contributed by atoms with Gasteiger partial charge in [0.05, 0.1) is 11.3 Å². The molecule has 0 unspecified atom stereocenters. The summed E-state index contributed by atoms with van der Waals surface area (Å²) in [5.74, 6) is -1.14. The van der Waals surface area contributed by atoms with Gasteiger partial charge in [-0.2, -0.15) is 0 Å². The molecule has 1 saturated heterocycles. The summed E-state index contributed by atoms with van der Waals surface area (Å²) in [6.45, 7) is 9.05. The molecule has 2 N–H and O–H groups in total. The molecule has 0 aromatic carbocycles. The highest BCUT2D eigenvalue weighted by Gasteiger charge is 2.28. The maximum atomic E-state index is 12.9. The molecule has 1 aliphatic heterocycles. The van der Waals surface area contributed by atoms with Crippen LogP contribution in [0, 0.1) is 20.8 Å². The third-order valence-electron chi connectivity index (χ3n) is 5.02. The normalized spacial score (nSPS) is 15.3. The summed E-state index contributed by atoms with van der Waals surface area (Å²) in [7, 11) is 0. The summed E-state index contributed by atoms with van der Waals surface area (Å²) in [5, 5.41) is 9.22. The summed E-state index contributed by atoms with van der Waals surface area (Å²) < 4.78 is 0. The highest BCUT2D eigenvalue weighted by Crippen LogP contribution is 2.21. The van der Waals surface area contributed by atoms with Crippen molar-refractivity contribution in [2.24, 2.45) is 0 Å². The largest absolute Gasteiger partial charge is 0.477 e. The number of hydrogen-bond acceptors (Lipinski definition) is 4. The fourth-order valence-electron chi connectivity index (χ4n) is 3.45. The number of nitrogens with zero attached hydrogens (tertiary/aromatic N) is 3. The van der Waals surface area contributed by atoms with Gasteiger partial charge in [-0.25, -0.2) is 4.79 Å². The van der Waals surface area contributed by atoms with Crippen molar-refractivity contribution in [1.82, 2.24) is 19.8 Å². The van der Waals surface area contributed by atoms with Crippen LogP contribution in [0.5, 0.6) is 0 Å². The first-order chi connectivity index (χ1) is 12.4. The Morgan fingerprint density at radius 2 is 1.88 bits per heavy atom. The Bertz CT molecular complexity index is 835. The van der Waals surface area contributed by atoms with Gasteiger partial charge in [0.2, 0.25) is 0 Å².